The van der Waals surface area contributed by atoms with E-state index in [9.17, 15) is 18.4 Å². The number of aromatic nitrogens is 2. The van der Waals surface area contributed by atoms with Crippen molar-refractivity contribution in [1.29, 1.82) is 0 Å². The number of rotatable bonds is 3. The second kappa shape index (κ2) is 6.95. The minimum Gasteiger partial charge on any atom is -0.337 e. The first-order valence-corrected chi connectivity index (χ1v) is 8.61. The van der Waals surface area contributed by atoms with E-state index in [2.05, 4.69) is 10.1 Å². The number of carbonyl (C=O) groups excluding carboxylic acids is 2. The third-order valence-electron chi connectivity index (χ3n) is 4.61. The minimum absolute atomic E-state index is 0.0424. The monoisotopic (exact) mass is 383 g/mol. The normalized spacial score (nSPS) is 16.6. The lowest BCUT2D eigenvalue weighted by molar-refractivity contribution is -0.116. The summed E-state index contributed by atoms with van der Waals surface area (Å²) in [5.41, 5.74) is 1.08. The highest BCUT2D eigenvalue weighted by Crippen LogP contribution is 2.31. The lowest BCUT2D eigenvalue weighted by atomic mass is 10.0. The molecule has 0 N–H and O–H groups in total. The molecule has 2 heterocycles. The minimum atomic E-state index is -0.684. The molecule has 0 unspecified atom stereocenters. The zero-order chi connectivity index (χ0) is 19.8. The molecule has 6 nitrogen and oxygen atoms in total. The SMILES string of the molecule is Cc1noc([C@@H]2CC(=O)CN2C(=O)c2ccc(-c3ccc(F)cc3F)cc2)n1. The molecular weight excluding hydrogens is 368 g/mol. The zero-order valence-electron chi connectivity index (χ0n) is 14.9. The van der Waals surface area contributed by atoms with Crippen molar-refractivity contribution in [2.45, 2.75) is 19.4 Å². The maximum absolute atomic E-state index is 13.9. The molecule has 1 aliphatic heterocycles. The lowest BCUT2D eigenvalue weighted by Crippen LogP contribution is -2.31. The summed E-state index contributed by atoms with van der Waals surface area (Å²) in [5, 5.41) is 3.71. The average molecular weight is 383 g/mol. The van der Waals surface area contributed by atoms with Gasteiger partial charge in [-0.3, -0.25) is 9.59 Å². The first kappa shape index (κ1) is 18.0. The summed E-state index contributed by atoms with van der Waals surface area (Å²) in [6, 6.07) is 8.95. The lowest BCUT2D eigenvalue weighted by Gasteiger charge is -2.21. The van der Waals surface area contributed by atoms with Gasteiger partial charge < -0.3 is 9.42 Å². The third kappa shape index (κ3) is 3.28. The Morgan fingerprint density at radius 2 is 1.93 bits per heavy atom. The van der Waals surface area contributed by atoms with Gasteiger partial charge in [-0.1, -0.05) is 17.3 Å². The Morgan fingerprint density at radius 1 is 1.18 bits per heavy atom. The maximum atomic E-state index is 13.9. The van der Waals surface area contributed by atoms with Gasteiger partial charge >= 0.3 is 0 Å². The molecule has 0 bridgehead atoms. The number of hydrogen-bond acceptors (Lipinski definition) is 5. The number of carbonyl (C=O) groups is 2. The van der Waals surface area contributed by atoms with Gasteiger partial charge in [-0.25, -0.2) is 8.78 Å². The maximum Gasteiger partial charge on any atom is 0.254 e. The molecule has 0 aliphatic carbocycles. The first-order chi connectivity index (χ1) is 13.4. The van der Waals surface area contributed by atoms with Crippen LogP contribution in [0.2, 0.25) is 0 Å². The van der Waals surface area contributed by atoms with Gasteiger partial charge in [0.25, 0.3) is 5.91 Å². The van der Waals surface area contributed by atoms with E-state index in [4.69, 9.17) is 4.52 Å². The molecule has 0 saturated carbocycles. The van der Waals surface area contributed by atoms with Crippen LogP contribution in [0.5, 0.6) is 0 Å². The van der Waals surface area contributed by atoms with Crippen molar-refractivity contribution < 1.29 is 22.9 Å². The van der Waals surface area contributed by atoms with Crippen LogP contribution < -0.4 is 0 Å². The average Bonchev–Trinajstić information content (AvgIpc) is 3.27. The molecule has 1 saturated heterocycles. The molecule has 4 rings (SSSR count). The van der Waals surface area contributed by atoms with Gasteiger partial charge in [0.05, 0.1) is 6.54 Å². The summed E-state index contributed by atoms with van der Waals surface area (Å²) in [4.78, 5) is 30.3. The standard InChI is InChI=1S/C20H15F2N3O3/c1-11-23-19(28-24-11)18-9-15(26)10-25(18)20(27)13-4-2-12(3-5-13)16-7-6-14(21)8-17(16)22/h2-8,18H,9-10H2,1H3/t18-/m0/s1. The van der Waals surface area contributed by atoms with Crippen molar-refractivity contribution in [2.24, 2.45) is 0 Å². The molecule has 28 heavy (non-hydrogen) atoms. The second-order valence-corrected chi connectivity index (χ2v) is 6.57. The highest BCUT2D eigenvalue weighted by Gasteiger charge is 2.38. The predicted molar refractivity (Wildman–Crippen MR) is 94.2 cm³/mol. The number of halogens is 2. The van der Waals surface area contributed by atoms with Crippen LogP contribution in [-0.4, -0.2) is 33.3 Å². The van der Waals surface area contributed by atoms with Gasteiger partial charge in [-0.2, -0.15) is 4.98 Å². The summed E-state index contributed by atoms with van der Waals surface area (Å²) < 4.78 is 32.2. The Labute approximate surface area is 158 Å². The molecule has 1 aromatic heterocycles. The molecule has 142 valence electrons. The quantitative estimate of drug-likeness (QED) is 0.692. The van der Waals surface area contributed by atoms with Crippen LogP contribution in [0.25, 0.3) is 11.1 Å². The van der Waals surface area contributed by atoms with Gasteiger partial charge in [-0.05, 0) is 36.8 Å². The highest BCUT2D eigenvalue weighted by atomic mass is 19.1. The fraction of sp³-hybridized carbons (Fsp3) is 0.200. The number of ketones is 1. The van der Waals surface area contributed by atoms with Crippen LogP contribution in [-0.2, 0) is 4.79 Å². The number of amides is 1. The van der Waals surface area contributed by atoms with Crippen LogP contribution in [0.4, 0.5) is 8.78 Å². The van der Waals surface area contributed by atoms with Crippen molar-refractivity contribution in [2.75, 3.05) is 6.54 Å². The Balaban J connectivity index is 1.60. The largest absolute Gasteiger partial charge is 0.337 e. The summed E-state index contributed by atoms with van der Waals surface area (Å²) >= 11 is 0. The summed E-state index contributed by atoms with van der Waals surface area (Å²) in [7, 11) is 0. The number of nitrogens with zero attached hydrogens (tertiary/aromatic N) is 3. The number of hydrogen-bond donors (Lipinski definition) is 0. The van der Waals surface area contributed by atoms with Crippen LogP contribution in [0.1, 0.15) is 34.5 Å². The van der Waals surface area contributed by atoms with E-state index in [0.717, 1.165) is 6.07 Å². The van der Waals surface area contributed by atoms with E-state index in [0.29, 0.717) is 17.0 Å². The molecule has 8 heteroatoms. The molecule has 1 amide bonds. The van der Waals surface area contributed by atoms with Crippen LogP contribution in [0, 0.1) is 18.6 Å². The Hall–Kier alpha value is -3.42. The fourth-order valence-corrected chi connectivity index (χ4v) is 3.25. The second-order valence-electron chi connectivity index (χ2n) is 6.57. The van der Waals surface area contributed by atoms with E-state index >= 15 is 0 Å². The number of benzene rings is 2. The number of aryl methyl sites for hydroxylation is 1. The van der Waals surface area contributed by atoms with Gasteiger partial charge in [0, 0.05) is 23.6 Å². The number of Topliss-reactive ketones (excluding diaryl/α,β-unsaturated/α-hetero) is 1. The number of likely N-dealkylation sites (tertiary alicyclic amines) is 1. The van der Waals surface area contributed by atoms with Crippen LogP contribution in [0.3, 0.4) is 0 Å². The van der Waals surface area contributed by atoms with E-state index < -0.39 is 17.7 Å². The Morgan fingerprint density at radius 3 is 2.57 bits per heavy atom. The molecule has 1 aliphatic rings. The highest BCUT2D eigenvalue weighted by molar-refractivity contribution is 5.99. The first-order valence-electron chi connectivity index (χ1n) is 8.61. The van der Waals surface area contributed by atoms with Crippen molar-refractivity contribution >= 4 is 11.7 Å². The van der Waals surface area contributed by atoms with Gasteiger partial charge in [0.2, 0.25) is 5.89 Å². The van der Waals surface area contributed by atoms with E-state index in [-0.39, 0.29) is 36.1 Å². The van der Waals surface area contributed by atoms with E-state index in [1.807, 2.05) is 0 Å². The molecule has 0 spiro atoms. The summed E-state index contributed by atoms with van der Waals surface area (Å²) in [6.45, 7) is 1.61. The molecule has 0 radical (unpaired) electrons. The van der Waals surface area contributed by atoms with Crippen molar-refractivity contribution in [3.8, 4) is 11.1 Å². The predicted octanol–water partition coefficient (Wildman–Crippen LogP) is 3.48. The topological polar surface area (TPSA) is 76.3 Å². The molecule has 3 aromatic rings. The van der Waals surface area contributed by atoms with Gasteiger partial charge in [0.1, 0.15) is 17.7 Å². The Kier molecular flexibility index (Phi) is 4.46. The molecule has 1 fully saturated rings. The molecule has 1 atom stereocenters. The van der Waals surface area contributed by atoms with Crippen molar-refractivity contribution in [3.63, 3.8) is 0 Å². The smallest absolute Gasteiger partial charge is 0.254 e. The van der Waals surface area contributed by atoms with E-state index in [1.165, 1.54) is 17.0 Å². The van der Waals surface area contributed by atoms with E-state index in [1.54, 1.807) is 31.2 Å². The van der Waals surface area contributed by atoms with Crippen molar-refractivity contribution in [1.82, 2.24) is 15.0 Å². The third-order valence-corrected chi connectivity index (χ3v) is 4.61. The summed E-state index contributed by atoms with van der Waals surface area (Å²) in [6.07, 6.45) is 0.117. The van der Waals surface area contributed by atoms with Crippen LogP contribution in [0.15, 0.2) is 47.0 Å². The Bertz CT molecular complexity index is 1060. The molecular formula is C20H15F2N3O3. The van der Waals surface area contributed by atoms with Gasteiger partial charge in [-0.15, -0.1) is 0 Å². The summed E-state index contributed by atoms with van der Waals surface area (Å²) in [5.74, 6) is -1.16. The molecule has 2 aromatic carbocycles. The van der Waals surface area contributed by atoms with Crippen molar-refractivity contribution in [3.05, 3.63) is 71.4 Å². The zero-order valence-corrected chi connectivity index (χ0v) is 14.9. The fourth-order valence-electron chi connectivity index (χ4n) is 3.25. The van der Waals surface area contributed by atoms with Crippen LogP contribution >= 0.6 is 0 Å². The van der Waals surface area contributed by atoms with Gasteiger partial charge in [0.15, 0.2) is 11.6 Å².